The van der Waals surface area contributed by atoms with E-state index in [0.29, 0.717) is 0 Å². The summed E-state index contributed by atoms with van der Waals surface area (Å²) in [6, 6.07) is 0. The van der Waals surface area contributed by atoms with Gasteiger partial charge in [0, 0.05) is 11.8 Å². The van der Waals surface area contributed by atoms with Crippen molar-refractivity contribution in [1.29, 1.82) is 0 Å². The zero-order chi connectivity index (χ0) is 8.72. The minimum Gasteiger partial charge on any atom is -0.469 e. The Morgan fingerprint density at radius 2 is 2.33 bits per heavy atom. The largest absolute Gasteiger partial charge is 0.469 e. The molecular weight excluding hydrogens is 156 g/mol. The third kappa shape index (κ3) is 0.894. The first-order valence-electron chi connectivity index (χ1n) is 4.18. The van der Waals surface area contributed by atoms with Crippen LogP contribution in [0, 0.1) is 17.8 Å². The Bertz CT molecular complexity index is 234. The van der Waals surface area contributed by atoms with E-state index in [0.717, 1.165) is 6.42 Å². The van der Waals surface area contributed by atoms with Gasteiger partial charge in [0.1, 0.15) is 0 Å². The average Bonchev–Trinajstić information content (AvgIpc) is 2.60. The molecule has 0 aliphatic heterocycles. The summed E-state index contributed by atoms with van der Waals surface area (Å²) in [6.07, 6.45) is 4.32. The third-order valence-corrected chi connectivity index (χ3v) is 2.91. The number of aliphatic hydroxyl groups excluding tert-OH is 1. The number of esters is 1. The van der Waals surface area contributed by atoms with Gasteiger partial charge in [-0.3, -0.25) is 4.79 Å². The van der Waals surface area contributed by atoms with Gasteiger partial charge in [-0.2, -0.15) is 0 Å². The standard InChI is InChI=1S/C9H12O3/c1-12-9(11)7-4-5-2-3-6(7)8(5)10/h2-3,5-8,10H,4H2,1H3/t5-,6+,7+,8+/m0/s1. The molecule has 1 fully saturated rings. The van der Waals surface area contributed by atoms with E-state index in [4.69, 9.17) is 0 Å². The number of ether oxygens (including phenoxy) is 1. The minimum absolute atomic E-state index is 0.00227. The molecule has 2 aliphatic carbocycles. The summed E-state index contributed by atoms with van der Waals surface area (Å²) in [5.74, 6) is -0.118. The summed E-state index contributed by atoms with van der Waals surface area (Å²) in [4.78, 5) is 11.2. The Kier molecular flexibility index (Phi) is 1.68. The van der Waals surface area contributed by atoms with Gasteiger partial charge in [-0.15, -0.1) is 0 Å². The van der Waals surface area contributed by atoms with Crippen molar-refractivity contribution >= 4 is 5.97 Å². The molecule has 1 saturated carbocycles. The van der Waals surface area contributed by atoms with Crippen LogP contribution in [-0.4, -0.2) is 24.3 Å². The summed E-state index contributed by atoms with van der Waals surface area (Å²) in [7, 11) is 1.39. The molecule has 3 heteroatoms. The van der Waals surface area contributed by atoms with Crippen LogP contribution < -0.4 is 0 Å². The number of rotatable bonds is 1. The second kappa shape index (κ2) is 2.59. The van der Waals surface area contributed by atoms with Crippen molar-refractivity contribution in [2.45, 2.75) is 12.5 Å². The number of methoxy groups -OCH3 is 1. The molecule has 2 aliphatic rings. The fourth-order valence-electron chi connectivity index (χ4n) is 2.23. The molecule has 2 rings (SSSR count). The first kappa shape index (κ1) is 7.80. The Labute approximate surface area is 71.0 Å². The summed E-state index contributed by atoms with van der Waals surface area (Å²) in [5, 5.41) is 9.57. The molecule has 0 aromatic rings. The summed E-state index contributed by atoms with van der Waals surface area (Å²) < 4.78 is 4.65. The summed E-state index contributed by atoms with van der Waals surface area (Å²) in [5.41, 5.74) is 0. The van der Waals surface area contributed by atoms with E-state index in [-0.39, 0.29) is 29.8 Å². The lowest BCUT2D eigenvalue weighted by Crippen LogP contribution is -2.23. The van der Waals surface area contributed by atoms with Gasteiger partial charge in [-0.25, -0.2) is 0 Å². The molecular formula is C9H12O3. The highest BCUT2D eigenvalue weighted by Gasteiger charge is 2.47. The topological polar surface area (TPSA) is 46.5 Å². The van der Waals surface area contributed by atoms with Crippen molar-refractivity contribution in [3.8, 4) is 0 Å². The predicted octanol–water partition coefficient (Wildman–Crippen LogP) is 0.342. The van der Waals surface area contributed by atoms with E-state index < -0.39 is 0 Å². The van der Waals surface area contributed by atoms with Crippen LogP contribution in [0.2, 0.25) is 0 Å². The molecule has 3 nitrogen and oxygen atoms in total. The van der Waals surface area contributed by atoms with Crippen LogP contribution in [0.15, 0.2) is 12.2 Å². The molecule has 0 heterocycles. The molecule has 4 atom stereocenters. The number of hydrogen-bond acceptors (Lipinski definition) is 3. The average molecular weight is 168 g/mol. The lowest BCUT2D eigenvalue weighted by molar-refractivity contribution is -0.146. The Morgan fingerprint density at radius 3 is 2.75 bits per heavy atom. The normalized spacial score (nSPS) is 43.5. The summed E-state index contributed by atoms with van der Waals surface area (Å²) >= 11 is 0. The van der Waals surface area contributed by atoms with Crippen LogP contribution in [0.3, 0.4) is 0 Å². The van der Waals surface area contributed by atoms with E-state index in [1.165, 1.54) is 7.11 Å². The van der Waals surface area contributed by atoms with E-state index >= 15 is 0 Å². The molecule has 0 unspecified atom stereocenters. The predicted molar refractivity (Wildman–Crippen MR) is 42.2 cm³/mol. The monoisotopic (exact) mass is 168 g/mol. The van der Waals surface area contributed by atoms with Crippen molar-refractivity contribution in [3.05, 3.63) is 12.2 Å². The number of fused-ring (bicyclic) bond motifs is 2. The smallest absolute Gasteiger partial charge is 0.309 e. The Hall–Kier alpha value is -0.830. The van der Waals surface area contributed by atoms with Gasteiger partial charge in [-0.05, 0) is 6.42 Å². The zero-order valence-electron chi connectivity index (χ0n) is 6.93. The molecule has 2 bridgehead atoms. The highest BCUT2D eigenvalue weighted by molar-refractivity contribution is 5.74. The van der Waals surface area contributed by atoms with E-state index in [1.807, 2.05) is 12.2 Å². The molecule has 0 radical (unpaired) electrons. The van der Waals surface area contributed by atoms with Gasteiger partial charge in [0.05, 0.1) is 19.1 Å². The second-order valence-corrected chi connectivity index (χ2v) is 3.48. The van der Waals surface area contributed by atoms with Crippen LogP contribution in [0.1, 0.15) is 6.42 Å². The fourth-order valence-corrected chi connectivity index (χ4v) is 2.23. The Morgan fingerprint density at radius 1 is 1.58 bits per heavy atom. The first-order chi connectivity index (χ1) is 5.74. The molecule has 0 amide bonds. The second-order valence-electron chi connectivity index (χ2n) is 3.48. The SMILES string of the molecule is COC(=O)[C@@H]1C[C@@H]2C=C[C@H]1[C@@H]2O. The van der Waals surface area contributed by atoms with Crippen LogP contribution in [-0.2, 0) is 9.53 Å². The first-order valence-corrected chi connectivity index (χ1v) is 4.18. The van der Waals surface area contributed by atoms with Gasteiger partial charge in [0.25, 0.3) is 0 Å². The van der Waals surface area contributed by atoms with Gasteiger partial charge in [-0.1, -0.05) is 12.2 Å². The Balaban J connectivity index is 2.14. The lowest BCUT2D eigenvalue weighted by atomic mass is 9.94. The van der Waals surface area contributed by atoms with Gasteiger partial charge >= 0.3 is 5.97 Å². The highest BCUT2D eigenvalue weighted by atomic mass is 16.5. The number of carbonyl (C=O) groups excluding carboxylic acids is 1. The maximum atomic E-state index is 11.2. The number of aliphatic hydroxyl groups is 1. The van der Waals surface area contributed by atoms with E-state index in [1.54, 1.807) is 0 Å². The maximum Gasteiger partial charge on any atom is 0.309 e. The molecule has 0 saturated heterocycles. The van der Waals surface area contributed by atoms with Gasteiger partial charge in [0.15, 0.2) is 0 Å². The quantitative estimate of drug-likeness (QED) is 0.453. The fraction of sp³-hybridized carbons (Fsp3) is 0.667. The lowest BCUT2D eigenvalue weighted by Gasteiger charge is -2.14. The zero-order valence-corrected chi connectivity index (χ0v) is 6.93. The molecule has 0 spiro atoms. The van der Waals surface area contributed by atoms with Gasteiger partial charge < -0.3 is 9.84 Å². The van der Waals surface area contributed by atoms with E-state index in [2.05, 4.69) is 4.74 Å². The van der Waals surface area contributed by atoms with Crippen LogP contribution in [0.4, 0.5) is 0 Å². The third-order valence-electron chi connectivity index (χ3n) is 2.91. The van der Waals surface area contributed by atoms with Crippen molar-refractivity contribution in [2.24, 2.45) is 17.8 Å². The molecule has 0 aromatic heterocycles. The van der Waals surface area contributed by atoms with Crippen molar-refractivity contribution in [2.75, 3.05) is 7.11 Å². The van der Waals surface area contributed by atoms with Crippen LogP contribution >= 0.6 is 0 Å². The van der Waals surface area contributed by atoms with E-state index in [9.17, 15) is 9.90 Å². The van der Waals surface area contributed by atoms with Crippen LogP contribution in [0.25, 0.3) is 0 Å². The number of hydrogen-bond donors (Lipinski definition) is 1. The summed E-state index contributed by atoms with van der Waals surface area (Å²) in [6.45, 7) is 0. The molecule has 66 valence electrons. The molecule has 12 heavy (non-hydrogen) atoms. The van der Waals surface area contributed by atoms with Crippen molar-refractivity contribution in [1.82, 2.24) is 0 Å². The van der Waals surface area contributed by atoms with Crippen LogP contribution in [0.5, 0.6) is 0 Å². The molecule has 0 aromatic carbocycles. The number of carbonyl (C=O) groups is 1. The minimum atomic E-state index is -0.353. The maximum absolute atomic E-state index is 11.2. The van der Waals surface area contributed by atoms with Crippen molar-refractivity contribution in [3.63, 3.8) is 0 Å². The molecule has 1 N–H and O–H groups in total. The van der Waals surface area contributed by atoms with Crippen molar-refractivity contribution < 1.29 is 14.6 Å². The highest BCUT2D eigenvalue weighted by Crippen LogP contribution is 2.43. The van der Waals surface area contributed by atoms with Gasteiger partial charge in [0.2, 0.25) is 0 Å².